The Labute approximate surface area is 82.7 Å². The van der Waals surface area contributed by atoms with Crippen LogP contribution in [0, 0.1) is 5.92 Å². The molecule has 1 heterocycles. The summed E-state index contributed by atoms with van der Waals surface area (Å²) in [6.07, 6.45) is -1.38. The van der Waals surface area contributed by atoms with Gasteiger partial charge in [0.15, 0.2) is 15.9 Å². The van der Waals surface area contributed by atoms with Crippen molar-refractivity contribution in [1.82, 2.24) is 0 Å². The Kier molecular flexibility index (Phi) is 2.62. The fourth-order valence-corrected chi connectivity index (χ4v) is 3.63. The lowest BCUT2D eigenvalue weighted by molar-refractivity contribution is -0.150. The monoisotopic (exact) mass is 222 g/mol. The zero-order chi connectivity index (χ0) is 11.1. The van der Waals surface area contributed by atoms with Gasteiger partial charge in [0, 0.05) is 5.92 Å². The van der Waals surface area contributed by atoms with Crippen molar-refractivity contribution in [3.05, 3.63) is 0 Å². The first-order valence-electron chi connectivity index (χ1n) is 4.33. The Bertz CT molecular complexity index is 343. The molecule has 14 heavy (non-hydrogen) atoms. The maximum atomic E-state index is 11.5. The molecule has 0 spiro atoms. The van der Waals surface area contributed by atoms with Crippen LogP contribution in [0.25, 0.3) is 0 Å². The van der Waals surface area contributed by atoms with Crippen molar-refractivity contribution >= 4 is 15.8 Å². The molecule has 0 aromatic rings. The van der Waals surface area contributed by atoms with E-state index in [1.807, 2.05) is 0 Å². The van der Waals surface area contributed by atoms with Crippen LogP contribution < -0.4 is 0 Å². The van der Waals surface area contributed by atoms with Gasteiger partial charge in [0.2, 0.25) is 0 Å². The van der Waals surface area contributed by atoms with Crippen LogP contribution in [0.3, 0.4) is 0 Å². The lowest BCUT2D eigenvalue weighted by Crippen LogP contribution is -2.43. The van der Waals surface area contributed by atoms with E-state index >= 15 is 0 Å². The molecular formula is C8H14O5S. The Morgan fingerprint density at radius 3 is 2.29 bits per heavy atom. The minimum Gasteiger partial charge on any atom is -0.479 e. The second-order valence-corrected chi connectivity index (χ2v) is 6.79. The van der Waals surface area contributed by atoms with E-state index in [9.17, 15) is 18.3 Å². The highest BCUT2D eigenvalue weighted by Gasteiger charge is 2.51. The number of aliphatic hydroxyl groups excluding tert-OH is 1. The van der Waals surface area contributed by atoms with Gasteiger partial charge in [-0.05, 0) is 20.3 Å². The Balaban J connectivity index is 3.02. The predicted molar refractivity (Wildman–Crippen MR) is 49.6 cm³/mol. The molecule has 1 saturated heterocycles. The Hall–Kier alpha value is -0.620. The largest absolute Gasteiger partial charge is 0.479 e. The molecule has 1 aliphatic heterocycles. The number of hydrogen-bond donors (Lipinski definition) is 2. The van der Waals surface area contributed by atoms with Crippen LogP contribution in [-0.2, 0) is 14.6 Å². The molecule has 1 aliphatic rings. The standard InChI is InChI=1S/C8H14O5S/c1-8(2)5(6(9)7(10)11)3-4-14(8,12)13/h5-6,9H,3-4H2,1-2H3,(H,10,11). The van der Waals surface area contributed by atoms with Crippen molar-refractivity contribution in [3.63, 3.8) is 0 Å². The summed E-state index contributed by atoms with van der Waals surface area (Å²) in [5, 5.41) is 17.9. The van der Waals surface area contributed by atoms with Crippen LogP contribution >= 0.6 is 0 Å². The van der Waals surface area contributed by atoms with Crippen LogP contribution in [0.2, 0.25) is 0 Å². The van der Waals surface area contributed by atoms with Gasteiger partial charge in [-0.2, -0.15) is 0 Å². The minimum absolute atomic E-state index is 0.0466. The van der Waals surface area contributed by atoms with E-state index in [0.717, 1.165) is 0 Å². The van der Waals surface area contributed by atoms with Crippen LogP contribution in [0.15, 0.2) is 0 Å². The SMILES string of the molecule is CC1(C)C(C(O)C(=O)O)CCS1(=O)=O. The van der Waals surface area contributed by atoms with Crippen LogP contribution in [-0.4, -0.2) is 41.2 Å². The van der Waals surface area contributed by atoms with Gasteiger partial charge in [0.25, 0.3) is 0 Å². The van der Waals surface area contributed by atoms with Gasteiger partial charge in [-0.15, -0.1) is 0 Å². The fraction of sp³-hybridized carbons (Fsp3) is 0.875. The van der Waals surface area contributed by atoms with E-state index in [4.69, 9.17) is 5.11 Å². The van der Waals surface area contributed by atoms with E-state index < -0.39 is 32.6 Å². The summed E-state index contributed by atoms with van der Waals surface area (Å²) in [4.78, 5) is 10.5. The molecule has 5 nitrogen and oxygen atoms in total. The zero-order valence-corrected chi connectivity index (χ0v) is 8.91. The fourth-order valence-electron chi connectivity index (χ4n) is 1.83. The molecule has 6 heteroatoms. The second kappa shape index (κ2) is 3.20. The molecule has 0 saturated carbocycles. The summed E-state index contributed by atoms with van der Waals surface area (Å²) < 4.78 is 21.9. The molecule has 82 valence electrons. The molecule has 2 N–H and O–H groups in total. The molecule has 0 amide bonds. The zero-order valence-electron chi connectivity index (χ0n) is 8.10. The van der Waals surface area contributed by atoms with Gasteiger partial charge in [0.1, 0.15) is 0 Å². The first-order valence-corrected chi connectivity index (χ1v) is 5.98. The van der Waals surface area contributed by atoms with Gasteiger partial charge in [-0.1, -0.05) is 0 Å². The molecule has 0 bridgehead atoms. The third-order valence-electron chi connectivity index (χ3n) is 3.03. The number of aliphatic carboxylic acids is 1. The maximum absolute atomic E-state index is 11.5. The van der Waals surface area contributed by atoms with Crippen molar-refractivity contribution in [3.8, 4) is 0 Å². The van der Waals surface area contributed by atoms with Crippen molar-refractivity contribution < 1.29 is 23.4 Å². The van der Waals surface area contributed by atoms with Crippen LogP contribution in [0.5, 0.6) is 0 Å². The van der Waals surface area contributed by atoms with E-state index in [2.05, 4.69) is 0 Å². The topological polar surface area (TPSA) is 91.7 Å². The number of aliphatic hydroxyl groups is 1. The van der Waals surface area contributed by atoms with Crippen molar-refractivity contribution in [2.75, 3.05) is 5.75 Å². The second-order valence-electron chi connectivity index (χ2n) is 4.10. The molecule has 0 aromatic heterocycles. The molecule has 2 atom stereocenters. The number of carboxylic acid groups (broad SMARTS) is 1. The first kappa shape index (κ1) is 11.5. The molecule has 2 unspecified atom stereocenters. The highest BCUT2D eigenvalue weighted by Crippen LogP contribution is 2.39. The molecule has 0 radical (unpaired) electrons. The molecule has 0 aromatic carbocycles. The summed E-state index contributed by atoms with van der Waals surface area (Å²) in [7, 11) is -3.28. The maximum Gasteiger partial charge on any atom is 0.332 e. The van der Waals surface area contributed by atoms with Crippen LogP contribution in [0.1, 0.15) is 20.3 Å². The average molecular weight is 222 g/mol. The van der Waals surface area contributed by atoms with E-state index in [0.29, 0.717) is 0 Å². The quantitative estimate of drug-likeness (QED) is 0.666. The van der Waals surface area contributed by atoms with Gasteiger partial charge < -0.3 is 10.2 Å². The highest BCUT2D eigenvalue weighted by atomic mass is 32.2. The van der Waals surface area contributed by atoms with Gasteiger partial charge >= 0.3 is 5.97 Å². The highest BCUT2D eigenvalue weighted by molar-refractivity contribution is 7.93. The van der Waals surface area contributed by atoms with E-state index in [1.165, 1.54) is 13.8 Å². The van der Waals surface area contributed by atoms with E-state index in [1.54, 1.807) is 0 Å². The van der Waals surface area contributed by atoms with Gasteiger partial charge in [0.05, 0.1) is 10.5 Å². The number of hydrogen-bond acceptors (Lipinski definition) is 4. The summed E-state index contributed by atoms with van der Waals surface area (Å²) in [6.45, 7) is 2.93. The molecule has 0 aliphatic carbocycles. The van der Waals surface area contributed by atoms with Crippen LogP contribution in [0.4, 0.5) is 0 Å². The number of carboxylic acids is 1. The Morgan fingerprint density at radius 1 is 1.50 bits per heavy atom. The van der Waals surface area contributed by atoms with Gasteiger partial charge in [-0.25, -0.2) is 13.2 Å². The lowest BCUT2D eigenvalue weighted by Gasteiger charge is -2.27. The summed E-state index contributed by atoms with van der Waals surface area (Å²) >= 11 is 0. The number of rotatable bonds is 2. The third kappa shape index (κ3) is 1.52. The molecule has 1 rings (SSSR count). The average Bonchev–Trinajstić information content (AvgIpc) is 2.21. The third-order valence-corrected chi connectivity index (χ3v) is 5.71. The van der Waals surface area contributed by atoms with E-state index in [-0.39, 0.29) is 12.2 Å². The smallest absolute Gasteiger partial charge is 0.332 e. The molecule has 1 fully saturated rings. The van der Waals surface area contributed by atoms with Crippen molar-refractivity contribution in [2.24, 2.45) is 5.92 Å². The number of carbonyl (C=O) groups is 1. The predicted octanol–water partition coefficient (Wildman–Crippen LogP) is -0.355. The van der Waals surface area contributed by atoms with Crippen molar-refractivity contribution in [1.29, 1.82) is 0 Å². The minimum atomic E-state index is -3.28. The summed E-state index contributed by atoms with van der Waals surface area (Å²) in [5.74, 6) is -2.13. The normalized spacial score (nSPS) is 31.2. The van der Waals surface area contributed by atoms with Crippen molar-refractivity contribution in [2.45, 2.75) is 31.1 Å². The first-order chi connectivity index (χ1) is 6.20. The Morgan fingerprint density at radius 2 is 2.00 bits per heavy atom. The summed E-state index contributed by atoms with van der Waals surface area (Å²) in [5.41, 5.74) is 0. The molecular weight excluding hydrogens is 208 g/mol. The number of sulfone groups is 1. The lowest BCUT2D eigenvalue weighted by atomic mass is 9.87. The van der Waals surface area contributed by atoms with Gasteiger partial charge in [-0.3, -0.25) is 0 Å². The summed E-state index contributed by atoms with van der Waals surface area (Å²) in [6, 6.07) is 0.